The minimum atomic E-state index is -0.528. The van der Waals surface area contributed by atoms with Crippen LogP contribution in [-0.2, 0) is 9.59 Å². The number of hydrogen-bond donors (Lipinski definition) is 0. The molecule has 2 aromatic rings. The van der Waals surface area contributed by atoms with Crippen LogP contribution in [0.5, 0.6) is 11.5 Å². The number of hydrogen-bond acceptors (Lipinski definition) is 4. The van der Waals surface area contributed by atoms with Crippen LogP contribution in [0, 0.1) is 6.92 Å². The molecule has 0 radical (unpaired) electrons. The number of esters is 2. The van der Waals surface area contributed by atoms with Gasteiger partial charge in [0.2, 0.25) is 0 Å². The number of ether oxygens (including phenoxy) is 2. The molecule has 26 heavy (non-hydrogen) atoms. The van der Waals surface area contributed by atoms with Crippen LogP contribution in [0.15, 0.2) is 60.7 Å². The maximum atomic E-state index is 11.6. The Morgan fingerprint density at radius 2 is 1.54 bits per heavy atom. The second kappa shape index (κ2) is 8.02. The normalized spacial score (nSPS) is 10.2. The fourth-order valence-electron chi connectivity index (χ4n) is 2.16. The summed E-state index contributed by atoms with van der Waals surface area (Å²) in [6.07, 6.45) is 0. The van der Waals surface area contributed by atoms with E-state index in [0.29, 0.717) is 21.9 Å². The van der Waals surface area contributed by atoms with Crippen LogP contribution in [0.4, 0.5) is 0 Å². The third-order valence-corrected chi connectivity index (χ3v) is 3.85. The summed E-state index contributed by atoms with van der Waals surface area (Å²) in [5.41, 5.74) is 3.29. The molecule has 0 unspecified atom stereocenters. The predicted octanol–water partition coefficient (Wildman–Crippen LogP) is 5.28. The fourth-order valence-corrected chi connectivity index (χ4v) is 2.37. The summed E-state index contributed by atoms with van der Waals surface area (Å²) in [7, 11) is 0. The van der Waals surface area contributed by atoms with E-state index in [-0.39, 0.29) is 5.75 Å². The number of carbonyl (C=O) groups excluding carboxylic acids is 2. The average molecular weight is 371 g/mol. The summed E-state index contributed by atoms with van der Waals surface area (Å²) in [5, 5.41) is 0.314. The van der Waals surface area contributed by atoms with Crippen molar-refractivity contribution >= 4 is 23.5 Å². The molecule has 0 atom stereocenters. The van der Waals surface area contributed by atoms with Crippen LogP contribution in [0.25, 0.3) is 11.1 Å². The molecule has 0 amide bonds. The van der Waals surface area contributed by atoms with E-state index in [1.807, 2.05) is 13.0 Å². The molecule has 4 nitrogen and oxygen atoms in total. The molecule has 0 saturated carbocycles. The first-order valence-corrected chi connectivity index (χ1v) is 8.22. The molecule has 0 aliphatic carbocycles. The van der Waals surface area contributed by atoms with Crippen molar-refractivity contribution in [2.24, 2.45) is 0 Å². The van der Waals surface area contributed by atoms with E-state index in [4.69, 9.17) is 21.1 Å². The molecular weight excluding hydrogens is 352 g/mol. The van der Waals surface area contributed by atoms with Crippen LogP contribution >= 0.6 is 11.6 Å². The zero-order chi connectivity index (χ0) is 19.4. The van der Waals surface area contributed by atoms with Gasteiger partial charge in [0.15, 0.2) is 0 Å². The summed E-state index contributed by atoms with van der Waals surface area (Å²) < 4.78 is 10.4. The Morgan fingerprint density at radius 1 is 0.923 bits per heavy atom. The first-order valence-electron chi connectivity index (χ1n) is 7.85. The molecule has 0 aromatic heterocycles. The van der Waals surface area contributed by atoms with Gasteiger partial charge in [0.05, 0.1) is 5.02 Å². The molecule has 134 valence electrons. The molecule has 0 N–H and O–H groups in total. The van der Waals surface area contributed by atoms with Gasteiger partial charge in [0, 0.05) is 11.1 Å². The Morgan fingerprint density at radius 3 is 2.08 bits per heavy atom. The SMILES string of the molecule is C=C(C)C(=O)Oc1ccc(-c2ccc(OC(=O)C(=C)C)c(Cl)c2)c(C)c1. The molecular formula is C21H19ClO4. The molecule has 0 fully saturated rings. The first-order chi connectivity index (χ1) is 12.2. The van der Waals surface area contributed by atoms with Gasteiger partial charge in [-0.1, -0.05) is 36.9 Å². The van der Waals surface area contributed by atoms with E-state index < -0.39 is 11.9 Å². The molecule has 0 saturated heterocycles. The van der Waals surface area contributed by atoms with Gasteiger partial charge in [-0.2, -0.15) is 0 Å². The van der Waals surface area contributed by atoms with Crippen molar-refractivity contribution in [3.05, 3.63) is 71.3 Å². The predicted molar refractivity (Wildman–Crippen MR) is 103 cm³/mol. The van der Waals surface area contributed by atoms with Crippen molar-refractivity contribution in [3.8, 4) is 22.6 Å². The van der Waals surface area contributed by atoms with Gasteiger partial charge in [0.1, 0.15) is 11.5 Å². The Kier molecular flexibility index (Phi) is 6.01. The van der Waals surface area contributed by atoms with Crippen molar-refractivity contribution in [3.63, 3.8) is 0 Å². The van der Waals surface area contributed by atoms with Gasteiger partial charge >= 0.3 is 11.9 Å². The van der Waals surface area contributed by atoms with Gasteiger partial charge < -0.3 is 9.47 Å². The Balaban J connectivity index is 2.27. The minimum Gasteiger partial charge on any atom is -0.423 e. The quantitative estimate of drug-likeness (QED) is 0.408. The first kappa shape index (κ1) is 19.5. The second-order valence-electron chi connectivity index (χ2n) is 5.96. The highest BCUT2D eigenvalue weighted by Crippen LogP contribution is 2.33. The molecule has 2 rings (SSSR count). The molecule has 2 aromatic carbocycles. The third kappa shape index (κ3) is 4.61. The maximum absolute atomic E-state index is 11.6. The smallest absolute Gasteiger partial charge is 0.338 e. The van der Waals surface area contributed by atoms with Crippen molar-refractivity contribution in [1.29, 1.82) is 0 Å². The van der Waals surface area contributed by atoms with E-state index in [1.54, 1.807) is 44.2 Å². The van der Waals surface area contributed by atoms with E-state index >= 15 is 0 Å². The monoisotopic (exact) mass is 370 g/mol. The molecule has 0 spiro atoms. The van der Waals surface area contributed by atoms with E-state index in [1.165, 1.54) is 0 Å². The standard InChI is InChI=1S/C21H19ClO4/c1-12(2)20(23)25-16-7-8-17(14(5)10-16)15-6-9-19(18(22)11-15)26-21(24)13(3)4/h6-11H,1,3H2,2,4-5H3. The Bertz CT molecular complexity index is 912. The highest BCUT2D eigenvalue weighted by molar-refractivity contribution is 6.32. The zero-order valence-electron chi connectivity index (χ0n) is 14.9. The van der Waals surface area contributed by atoms with Crippen molar-refractivity contribution < 1.29 is 19.1 Å². The van der Waals surface area contributed by atoms with Gasteiger partial charge in [-0.25, -0.2) is 9.59 Å². The molecule has 0 heterocycles. The topological polar surface area (TPSA) is 52.6 Å². The van der Waals surface area contributed by atoms with Crippen molar-refractivity contribution in [2.75, 3.05) is 0 Å². The van der Waals surface area contributed by atoms with Gasteiger partial charge in [-0.3, -0.25) is 0 Å². The van der Waals surface area contributed by atoms with Crippen LogP contribution in [0.3, 0.4) is 0 Å². The fraction of sp³-hybridized carbons (Fsp3) is 0.143. The minimum absolute atomic E-state index is 0.271. The molecule has 0 aliphatic heterocycles. The van der Waals surface area contributed by atoms with Crippen LogP contribution in [0.1, 0.15) is 19.4 Å². The largest absolute Gasteiger partial charge is 0.423 e. The lowest BCUT2D eigenvalue weighted by molar-refractivity contribution is -0.130. The summed E-state index contributed by atoms with van der Waals surface area (Å²) >= 11 is 6.23. The van der Waals surface area contributed by atoms with Gasteiger partial charge in [-0.15, -0.1) is 0 Å². The average Bonchev–Trinajstić information content (AvgIpc) is 2.56. The van der Waals surface area contributed by atoms with E-state index in [0.717, 1.165) is 16.7 Å². The van der Waals surface area contributed by atoms with Crippen molar-refractivity contribution in [2.45, 2.75) is 20.8 Å². The maximum Gasteiger partial charge on any atom is 0.338 e. The molecule has 0 aliphatic rings. The molecule has 5 heteroatoms. The second-order valence-corrected chi connectivity index (χ2v) is 6.37. The van der Waals surface area contributed by atoms with Crippen LogP contribution in [-0.4, -0.2) is 11.9 Å². The lowest BCUT2D eigenvalue weighted by Gasteiger charge is -2.11. The summed E-state index contributed by atoms with van der Waals surface area (Å²) in [6, 6.07) is 10.4. The third-order valence-electron chi connectivity index (χ3n) is 3.55. The summed E-state index contributed by atoms with van der Waals surface area (Å²) in [5.74, 6) is -0.283. The summed E-state index contributed by atoms with van der Waals surface area (Å²) in [6.45, 7) is 12.2. The number of rotatable bonds is 5. The van der Waals surface area contributed by atoms with Gasteiger partial charge in [0.25, 0.3) is 0 Å². The lowest BCUT2D eigenvalue weighted by Crippen LogP contribution is -2.08. The number of benzene rings is 2. The Hall–Kier alpha value is -2.85. The van der Waals surface area contributed by atoms with Crippen molar-refractivity contribution in [1.82, 2.24) is 0 Å². The van der Waals surface area contributed by atoms with Crippen LogP contribution < -0.4 is 9.47 Å². The molecule has 0 bridgehead atoms. The summed E-state index contributed by atoms with van der Waals surface area (Å²) in [4.78, 5) is 23.2. The number of carbonyl (C=O) groups is 2. The Labute approximate surface area is 157 Å². The highest BCUT2D eigenvalue weighted by Gasteiger charge is 2.12. The van der Waals surface area contributed by atoms with Gasteiger partial charge in [-0.05, 0) is 61.7 Å². The zero-order valence-corrected chi connectivity index (χ0v) is 15.6. The highest BCUT2D eigenvalue weighted by atomic mass is 35.5. The number of halogens is 1. The van der Waals surface area contributed by atoms with Crippen LogP contribution in [0.2, 0.25) is 5.02 Å². The number of aryl methyl sites for hydroxylation is 1. The lowest BCUT2D eigenvalue weighted by atomic mass is 10.0. The van der Waals surface area contributed by atoms with E-state index in [9.17, 15) is 9.59 Å². The van der Waals surface area contributed by atoms with E-state index in [2.05, 4.69) is 13.2 Å².